The van der Waals surface area contributed by atoms with Gasteiger partial charge in [0.2, 0.25) is 0 Å². The van der Waals surface area contributed by atoms with Crippen LogP contribution in [0.2, 0.25) is 5.02 Å². The summed E-state index contributed by atoms with van der Waals surface area (Å²) in [7, 11) is 1.58. The highest BCUT2D eigenvalue weighted by Gasteiger charge is 2.37. The first-order valence-electron chi connectivity index (χ1n) is 4.52. The molecular formula is C9H12ClN3O. The molecule has 0 aliphatic heterocycles. The molecule has 1 N–H and O–H groups in total. The topological polar surface area (TPSA) is 46.9 Å². The zero-order chi connectivity index (χ0) is 10.3. The highest BCUT2D eigenvalue weighted by atomic mass is 35.5. The van der Waals surface area contributed by atoms with Crippen molar-refractivity contribution in [3.63, 3.8) is 0 Å². The number of nitrogens with zero attached hydrogens (tertiary/aromatic N) is 2. The fourth-order valence-electron chi connectivity index (χ4n) is 1.24. The molecule has 1 saturated carbocycles. The van der Waals surface area contributed by atoms with Gasteiger partial charge in [-0.05, 0) is 19.8 Å². The molecular weight excluding hydrogens is 202 g/mol. The van der Waals surface area contributed by atoms with Gasteiger partial charge in [-0.15, -0.1) is 0 Å². The largest absolute Gasteiger partial charge is 0.377 e. The second kappa shape index (κ2) is 2.98. The first-order chi connectivity index (χ1) is 6.52. The van der Waals surface area contributed by atoms with E-state index < -0.39 is 0 Å². The van der Waals surface area contributed by atoms with Crippen molar-refractivity contribution in [3.05, 3.63) is 21.6 Å². The van der Waals surface area contributed by atoms with E-state index in [1.165, 1.54) is 4.68 Å². The molecule has 76 valence electrons. The van der Waals surface area contributed by atoms with Gasteiger partial charge in [0.15, 0.2) is 0 Å². The molecule has 0 aromatic carbocycles. The fourth-order valence-corrected chi connectivity index (χ4v) is 1.45. The van der Waals surface area contributed by atoms with Crippen LogP contribution in [0.15, 0.2) is 11.0 Å². The summed E-state index contributed by atoms with van der Waals surface area (Å²) in [6, 6.07) is 0. The van der Waals surface area contributed by atoms with Crippen LogP contribution in [-0.2, 0) is 7.05 Å². The van der Waals surface area contributed by atoms with E-state index in [1.807, 2.05) is 0 Å². The summed E-state index contributed by atoms with van der Waals surface area (Å²) in [5.41, 5.74) is 0.480. The van der Waals surface area contributed by atoms with Gasteiger partial charge < -0.3 is 5.32 Å². The molecule has 0 atom stereocenters. The van der Waals surface area contributed by atoms with E-state index in [0.717, 1.165) is 12.8 Å². The van der Waals surface area contributed by atoms with E-state index in [-0.39, 0.29) is 16.1 Å². The first-order valence-corrected chi connectivity index (χ1v) is 4.90. The third-order valence-corrected chi connectivity index (χ3v) is 2.88. The maximum absolute atomic E-state index is 11.4. The molecule has 2 rings (SSSR count). The molecule has 0 unspecified atom stereocenters. The molecule has 1 aliphatic rings. The molecule has 1 fully saturated rings. The van der Waals surface area contributed by atoms with Crippen molar-refractivity contribution in [2.45, 2.75) is 25.3 Å². The van der Waals surface area contributed by atoms with Crippen molar-refractivity contribution in [2.24, 2.45) is 7.05 Å². The molecule has 14 heavy (non-hydrogen) atoms. The molecule has 5 heteroatoms. The summed E-state index contributed by atoms with van der Waals surface area (Å²) in [4.78, 5) is 11.4. The van der Waals surface area contributed by atoms with Crippen LogP contribution >= 0.6 is 11.6 Å². The van der Waals surface area contributed by atoms with E-state index in [1.54, 1.807) is 13.2 Å². The Balaban J connectivity index is 2.35. The van der Waals surface area contributed by atoms with Crippen molar-refractivity contribution >= 4 is 17.3 Å². The number of rotatable bonds is 2. The minimum absolute atomic E-state index is 0.109. The lowest BCUT2D eigenvalue weighted by atomic mass is 10.3. The van der Waals surface area contributed by atoms with Gasteiger partial charge >= 0.3 is 0 Å². The fraction of sp³-hybridized carbons (Fsp3) is 0.556. The average Bonchev–Trinajstić information content (AvgIpc) is 2.86. The molecule has 0 bridgehead atoms. The molecule has 1 aliphatic carbocycles. The summed E-state index contributed by atoms with van der Waals surface area (Å²) < 4.78 is 1.22. The standard InChI is InChI=1S/C9H12ClN3O/c1-9(3-4-9)12-6-5-11-13(2)8(14)7(6)10/h5,12H,3-4H2,1-2H3. The molecule has 0 spiro atoms. The van der Waals surface area contributed by atoms with Crippen LogP contribution in [0.5, 0.6) is 0 Å². The summed E-state index contributed by atoms with van der Waals surface area (Å²) in [5.74, 6) is 0. The number of anilines is 1. The number of hydrogen-bond donors (Lipinski definition) is 1. The predicted octanol–water partition coefficient (Wildman–Crippen LogP) is 1.40. The number of hydrogen-bond acceptors (Lipinski definition) is 3. The number of aromatic nitrogens is 2. The molecule has 0 amide bonds. The quantitative estimate of drug-likeness (QED) is 0.808. The molecule has 1 aromatic heterocycles. The minimum Gasteiger partial charge on any atom is -0.377 e. The highest BCUT2D eigenvalue weighted by Crippen LogP contribution is 2.38. The Morgan fingerprint density at radius 1 is 1.64 bits per heavy atom. The van der Waals surface area contributed by atoms with Crippen LogP contribution in [0.4, 0.5) is 5.69 Å². The molecule has 0 saturated heterocycles. The average molecular weight is 214 g/mol. The lowest BCUT2D eigenvalue weighted by molar-refractivity contribution is 0.704. The van der Waals surface area contributed by atoms with Crippen molar-refractivity contribution in [2.75, 3.05) is 5.32 Å². The van der Waals surface area contributed by atoms with Crippen LogP contribution in [0.1, 0.15) is 19.8 Å². The number of halogens is 1. The van der Waals surface area contributed by atoms with E-state index in [4.69, 9.17) is 11.6 Å². The lowest BCUT2D eigenvalue weighted by Gasteiger charge is -2.13. The zero-order valence-corrected chi connectivity index (χ0v) is 8.93. The van der Waals surface area contributed by atoms with Crippen molar-refractivity contribution < 1.29 is 0 Å². The summed E-state index contributed by atoms with van der Waals surface area (Å²) in [6.45, 7) is 2.10. The first kappa shape index (κ1) is 9.52. The SMILES string of the molecule is Cn1ncc(NC2(C)CC2)c(Cl)c1=O. The van der Waals surface area contributed by atoms with Crippen LogP contribution in [0.25, 0.3) is 0 Å². The van der Waals surface area contributed by atoms with Crippen LogP contribution in [-0.4, -0.2) is 15.3 Å². The van der Waals surface area contributed by atoms with E-state index in [9.17, 15) is 4.79 Å². The smallest absolute Gasteiger partial charge is 0.287 e. The summed E-state index contributed by atoms with van der Waals surface area (Å²) in [5, 5.41) is 7.35. The number of nitrogens with one attached hydrogen (secondary N) is 1. The molecule has 1 heterocycles. The Labute approximate surface area is 86.9 Å². The van der Waals surface area contributed by atoms with Gasteiger partial charge in [-0.3, -0.25) is 4.79 Å². The van der Waals surface area contributed by atoms with Gasteiger partial charge in [-0.25, -0.2) is 4.68 Å². The number of aryl methyl sites for hydroxylation is 1. The van der Waals surface area contributed by atoms with Crippen LogP contribution in [0.3, 0.4) is 0 Å². The van der Waals surface area contributed by atoms with E-state index >= 15 is 0 Å². The highest BCUT2D eigenvalue weighted by molar-refractivity contribution is 6.32. The van der Waals surface area contributed by atoms with Gasteiger partial charge in [0, 0.05) is 12.6 Å². The van der Waals surface area contributed by atoms with Gasteiger partial charge in [-0.2, -0.15) is 5.10 Å². The Kier molecular flexibility index (Phi) is 2.03. The van der Waals surface area contributed by atoms with Gasteiger partial charge in [0.25, 0.3) is 5.56 Å². The maximum Gasteiger partial charge on any atom is 0.287 e. The van der Waals surface area contributed by atoms with Gasteiger partial charge in [0.1, 0.15) is 5.02 Å². The predicted molar refractivity (Wildman–Crippen MR) is 55.7 cm³/mol. The Morgan fingerprint density at radius 2 is 2.29 bits per heavy atom. The minimum atomic E-state index is -0.263. The van der Waals surface area contributed by atoms with Gasteiger partial charge in [0.05, 0.1) is 11.9 Å². The Bertz CT molecular complexity index is 423. The third kappa shape index (κ3) is 1.62. The molecule has 1 aromatic rings. The molecule has 4 nitrogen and oxygen atoms in total. The van der Waals surface area contributed by atoms with Crippen LogP contribution in [0, 0.1) is 0 Å². The van der Waals surface area contributed by atoms with Crippen molar-refractivity contribution in [1.29, 1.82) is 0 Å². The normalized spacial score (nSPS) is 17.9. The Morgan fingerprint density at radius 3 is 2.86 bits per heavy atom. The zero-order valence-electron chi connectivity index (χ0n) is 8.17. The maximum atomic E-state index is 11.4. The molecule has 0 radical (unpaired) electrons. The lowest BCUT2D eigenvalue weighted by Crippen LogP contribution is -2.24. The van der Waals surface area contributed by atoms with Gasteiger partial charge in [-0.1, -0.05) is 11.6 Å². The monoisotopic (exact) mass is 213 g/mol. The third-order valence-electron chi connectivity index (χ3n) is 2.51. The summed E-state index contributed by atoms with van der Waals surface area (Å²) in [6.07, 6.45) is 3.81. The van der Waals surface area contributed by atoms with E-state index in [2.05, 4.69) is 17.3 Å². The van der Waals surface area contributed by atoms with Crippen molar-refractivity contribution in [1.82, 2.24) is 9.78 Å². The second-order valence-electron chi connectivity index (χ2n) is 3.99. The second-order valence-corrected chi connectivity index (χ2v) is 4.36. The summed E-state index contributed by atoms with van der Waals surface area (Å²) >= 11 is 5.90. The Hall–Kier alpha value is -1.03. The van der Waals surface area contributed by atoms with Crippen molar-refractivity contribution in [3.8, 4) is 0 Å². The van der Waals surface area contributed by atoms with E-state index in [0.29, 0.717) is 5.69 Å². The van der Waals surface area contributed by atoms with Crippen LogP contribution < -0.4 is 10.9 Å².